The number of amides is 2. The lowest BCUT2D eigenvalue weighted by molar-refractivity contribution is -0.124. The monoisotopic (exact) mass is 399 g/mol. The lowest BCUT2D eigenvalue weighted by Crippen LogP contribution is -2.39. The summed E-state index contributed by atoms with van der Waals surface area (Å²) in [6.45, 7) is 2.55. The molecule has 1 aromatic heterocycles. The van der Waals surface area contributed by atoms with Crippen molar-refractivity contribution < 1.29 is 9.59 Å². The average Bonchev–Trinajstić information content (AvgIpc) is 2.94. The number of thiophene rings is 1. The zero-order valence-electron chi connectivity index (χ0n) is 13.9. The van der Waals surface area contributed by atoms with Crippen LogP contribution < -0.4 is 10.6 Å². The topological polar surface area (TPSA) is 61.4 Å². The summed E-state index contributed by atoms with van der Waals surface area (Å²) in [5.74, 6) is -0.519. The zero-order chi connectivity index (χ0) is 18.4. The number of hydrogen-bond donors (Lipinski definition) is 2. The molecule has 2 amide bonds. The first kappa shape index (κ1) is 19.7. The highest BCUT2D eigenvalue weighted by Crippen LogP contribution is 2.23. The second-order valence-electron chi connectivity index (χ2n) is 5.62. The maximum atomic E-state index is 12.0. The lowest BCUT2D eigenvalue weighted by Gasteiger charge is -2.15. The zero-order valence-corrected chi connectivity index (χ0v) is 16.3. The molecule has 1 aromatic carbocycles. The van der Waals surface area contributed by atoms with Crippen molar-refractivity contribution in [3.8, 4) is 0 Å². The van der Waals surface area contributed by atoms with Crippen LogP contribution in [0.2, 0.25) is 9.36 Å². The van der Waals surface area contributed by atoms with Gasteiger partial charge < -0.3 is 10.6 Å². The molecule has 1 heterocycles. The Labute approximate surface area is 160 Å². The maximum absolute atomic E-state index is 12.0. The molecule has 2 rings (SSSR count). The van der Waals surface area contributed by atoms with Gasteiger partial charge in [0, 0.05) is 22.1 Å². The average molecular weight is 400 g/mol. The summed E-state index contributed by atoms with van der Waals surface area (Å²) < 4.78 is 0.723. The van der Waals surface area contributed by atoms with Crippen LogP contribution in [0.5, 0.6) is 0 Å². The molecule has 0 atom stereocenters. The van der Waals surface area contributed by atoms with Crippen molar-refractivity contribution in [1.82, 2.24) is 10.2 Å². The van der Waals surface area contributed by atoms with E-state index in [1.54, 1.807) is 18.2 Å². The van der Waals surface area contributed by atoms with E-state index >= 15 is 0 Å². The molecule has 0 radical (unpaired) electrons. The van der Waals surface area contributed by atoms with Gasteiger partial charge in [-0.3, -0.25) is 14.5 Å². The molecule has 0 saturated heterocycles. The van der Waals surface area contributed by atoms with Gasteiger partial charge in [-0.15, -0.1) is 11.3 Å². The van der Waals surface area contributed by atoms with Gasteiger partial charge in [-0.1, -0.05) is 29.3 Å². The largest absolute Gasteiger partial charge is 0.346 e. The summed E-state index contributed by atoms with van der Waals surface area (Å²) in [5, 5.41) is 5.93. The van der Waals surface area contributed by atoms with Crippen LogP contribution >= 0.6 is 34.5 Å². The number of benzene rings is 1. The molecule has 0 aliphatic heterocycles. The summed E-state index contributed by atoms with van der Waals surface area (Å²) in [6.07, 6.45) is 0. The molecule has 0 aliphatic carbocycles. The normalized spacial score (nSPS) is 10.8. The van der Waals surface area contributed by atoms with Crippen LogP contribution in [0.25, 0.3) is 0 Å². The first-order valence-electron chi connectivity index (χ1n) is 7.59. The van der Waals surface area contributed by atoms with E-state index in [0.717, 1.165) is 14.8 Å². The fourth-order valence-electron chi connectivity index (χ4n) is 2.18. The third-order valence-corrected chi connectivity index (χ3v) is 5.08. The molecular formula is C17H19Cl2N3O2S. The van der Waals surface area contributed by atoms with Gasteiger partial charge in [0.25, 0.3) is 0 Å². The standard InChI is InChI=1S/C17H19Cl2N3O2S/c1-11-13(18)4-3-5-14(11)21-16(23)8-20-17(24)10-22(2)9-12-6-7-15(19)25-12/h3-7H,8-10H2,1-2H3,(H,20,24)(H,21,23). The minimum Gasteiger partial charge on any atom is -0.346 e. The molecule has 0 fully saturated rings. The molecule has 8 heteroatoms. The lowest BCUT2D eigenvalue weighted by atomic mass is 10.2. The molecule has 0 bridgehead atoms. The number of hydrogen-bond acceptors (Lipinski definition) is 4. The second kappa shape index (κ2) is 9.20. The van der Waals surface area contributed by atoms with Gasteiger partial charge in [0.2, 0.25) is 11.8 Å². The molecule has 134 valence electrons. The molecular weight excluding hydrogens is 381 g/mol. The molecule has 0 saturated carbocycles. The quantitative estimate of drug-likeness (QED) is 0.747. The van der Waals surface area contributed by atoms with Gasteiger partial charge in [0.05, 0.1) is 17.4 Å². The van der Waals surface area contributed by atoms with Gasteiger partial charge in [-0.2, -0.15) is 0 Å². The highest BCUT2D eigenvalue weighted by Gasteiger charge is 2.11. The van der Waals surface area contributed by atoms with Crippen LogP contribution in [-0.2, 0) is 16.1 Å². The Morgan fingerprint density at radius 2 is 1.92 bits per heavy atom. The van der Waals surface area contributed by atoms with E-state index in [9.17, 15) is 9.59 Å². The van der Waals surface area contributed by atoms with Crippen molar-refractivity contribution in [2.24, 2.45) is 0 Å². The first-order valence-corrected chi connectivity index (χ1v) is 9.17. The van der Waals surface area contributed by atoms with Crippen LogP contribution in [0.1, 0.15) is 10.4 Å². The fourth-order valence-corrected chi connectivity index (χ4v) is 3.52. The molecule has 0 unspecified atom stereocenters. The van der Waals surface area contributed by atoms with Gasteiger partial charge in [0.15, 0.2) is 0 Å². The third kappa shape index (κ3) is 6.32. The van der Waals surface area contributed by atoms with E-state index in [4.69, 9.17) is 23.2 Å². The van der Waals surface area contributed by atoms with Crippen molar-refractivity contribution in [2.45, 2.75) is 13.5 Å². The number of carbonyl (C=O) groups excluding carboxylic acids is 2. The van der Waals surface area contributed by atoms with Crippen molar-refractivity contribution >= 4 is 52.0 Å². The summed E-state index contributed by atoms with van der Waals surface area (Å²) in [4.78, 5) is 26.9. The smallest absolute Gasteiger partial charge is 0.243 e. The third-order valence-electron chi connectivity index (χ3n) is 3.46. The van der Waals surface area contributed by atoms with E-state index in [-0.39, 0.29) is 24.9 Å². The van der Waals surface area contributed by atoms with E-state index in [1.807, 2.05) is 31.0 Å². The van der Waals surface area contributed by atoms with Crippen molar-refractivity contribution in [1.29, 1.82) is 0 Å². The molecule has 25 heavy (non-hydrogen) atoms. The predicted molar refractivity (Wildman–Crippen MR) is 103 cm³/mol. The van der Waals surface area contributed by atoms with Gasteiger partial charge in [0.1, 0.15) is 0 Å². The van der Waals surface area contributed by atoms with E-state index in [1.165, 1.54) is 11.3 Å². The number of nitrogens with zero attached hydrogens (tertiary/aromatic N) is 1. The van der Waals surface area contributed by atoms with Gasteiger partial charge in [-0.25, -0.2) is 0 Å². The van der Waals surface area contributed by atoms with Crippen molar-refractivity contribution in [3.63, 3.8) is 0 Å². The molecule has 0 spiro atoms. The maximum Gasteiger partial charge on any atom is 0.243 e. The predicted octanol–water partition coefficient (Wildman–Crippen LogP) is 3.55. The SMILES string of the molecule is Cc1c(Cl)cccc1NC(=O)CNC(=O)CN(C)Cc1ccc(Cl)s1. The molecule has 2 aromatic rings. The first-order chi connectivity index (χ1) is 11.8. The van der Waals surface area contributed by atoms with E-state index in [2.05, 4.69) is 10.6 Å². The van der Waals surface area contributed by atoms with Gasteiger partial charge >= 0.3 is 0 Å². The van der Waals surface area contributed by atoms with Crippen molar-refractivity contribution in [3.05, 3.63) is 50.1 Å². The highest BCUT2D eigenvalue weighted by molar-refractivity contribution is 7.16. The van der Waals surface area contributed by atoms with E-state index < -0.39 is 0 Å². The van der Waals surface area contributed by atoms with Crippen LogP contribution in [0.15, 0.2) is 30.3 Å². The number of rotatable bonds is 7. The summed E-state index contributed by atoms with van der Waals surface area (Å²) in [6, 6.07) is 9.04. The van der Waals surface area contributed by atoms with Crippen LogP contribution in [-0.4, -0.2) is 36.9 Å². The second-order valence-corrected chi connectivity index (χ2v) is 7.82. The van der Waals surface area contributed by atoms with Gasteiger partial charge in [-0.05, 0) is 43.8 Å². The van der Waals surface area contributed by atoms with E-state index in [0.29, 0.717) is 17.3 Å². The molecule has 5 nitrogen and oxygen atoms in total. The summed E-state index contributed by atoms with van der Waals surface area (Å²) >= 11 is 13.4. The number of carbonyl (C=O) groups is 2. The highest BCUT2D eigenvalue weighted by atomic mass is 35.5. The Hall–Kier alpha value is -1.60. The number of nitrogens with one attached hydrogen (secondary N) is 2. The Morgan fingerprint density at radius 3 is 2.60 bits per heavy atom. The fraction of sp³-hybridized carbons (Fsp3) is 0.294. The number of anilines is 1. The van der Waals surface area contributed by atoms with Crippen LogP contribution in [0.3, 0.4) is 0 Å². The number of likely N-dealkylation sites (N-methyl/N-ethyl adjacent to an activating group) is 1. The Balaban J connectivity index is 1.75. The summed E-state index contributed by atoms with van der Waals surface area (Å²) in [5.41, 5.74) is 1.43. The van der Waals surface area contributed by atoms with Crippen molar-refractivity contribution in [2.75, 3.05) is 25.5 Å². The van der Waals surface area contributed by atoms with Crippen LogP contribution in [0.4, 0.5) is 5.69 Å². The Kier molecular flexibility index (Phi) is 7.25. The summed E-state index contributed by atoms with van der Waals surface area (Å²) in [7, 11) is 1.84. The van der Waals surface area contributed by atoms with Crippen LogP contribution in [0, 0.1) is 6.92 Å². The minimum atomic E-state index is -0.300. The minimum absolute atomic E-state index is 0.0938. The molecule has 0 aliphatic rings. The Morgan fingerprint density at radius 1 is 1.16 bits per heavy atom. The Bertz CT molecular complexity index is 764. The molecule has 2 N–H and O–H groups in total. The number of halogens is 2.